The van der Waals surface area contributed by atoms with Gasteiger partial charge in [0.1, 0.15) is 5.60 Å². The van der Waals surface area contributed by atoms with Crippen molar-refractivity contribution in [1.82, 2.24) is 10.9 Å². The van der Waals surface area contributed by atoms with Gasteiger partial charge in [-0.15, -0.1) is 0 Å². The van der Waals surface area contributed by atoms with Crippen molar-refractivity contribution < 1.29 is 14.3 Å². The molecule has 140 valence electrons. The van der Waals surface area contributed by atoms with Crippen LogP contribution < -0.4 is 10.9 Å². The average molecular weight is 356 g/mol. The molecule has 26 heavy (non-hydrogen) atoms. The smallest absolute Gasteiger partial charge is 0.422 e. The summed E-state index contributed by atoms with van der Waals surface area (Å²) >= 11 is 0. The number of hydrazine groups is 1. The summed E-state index contributed by atoms with van der Waals surface area (Å²) in [4.78, 5) is 11.9. The van der Waals surface area contributed by atoms with Crippen LogP contribution in [0.1, 0.15) is 31.9 Å². The number of carbonyl (C=O) groups excluding carboxylic acids is 1. The summed E-state index contributed by atoms with van der Waals surface area (Å²) in [5.74, 6) is 0. The van der Waals surface area contributed by atoms with Gasteiger partial charge in [0.05, 0.1) is 19.3 Å². The fourth-order valence-electron chi connectivity index (χ4n) is 2.41. The molecule has 2 aromatic rings. The van der Waals surface area contributed by atoms with Crippen LogP contribution in [0.4, 0.5) is 4.79 Å². The normalized spacial score (nSPS) is 12.4. The minimum Gasteiger partial charge on any atom is -0.443 e. The van der Waals surface area contributed by atoms with E-state index in [0.717, 1.165) is 12.0 Å². The summed E-state index contributed by atoms with van der Waals surface area (Å²) in [5.41, 5.74) is 7.39. The van der Waals surface area contributed by atoms with E-state index >= 15 is 0 Å². The summed E-state index contributed by atoms with van der Waals surface area (Å²) < 4.78 is 11.1. The van der Waals surface area contributed by atoms with E-state index in [1.165, 1.54) is 5.56 Å². The van der Waals surface area contributed by atoms with Gasteiger partial charge in [-0.2, -0.15) is 0 Å². The Hall–Kier alpha value is -2.37. The third-order valence-electron chi connectivity index (χ3n) is 3.53. The quantitative estimate of drug-likeness (QED) is 0.706. The highest BCUT2D eigenvalue weighted by molar-refractivity contribution is 5.67. The Morgan fingerprint density at radius 3 is 2.12 bits per heavy atom. The Labute approximate surface area is 155 Å². The number of nitrogens with one attached hydrogen (secondary N) is 2. The van der Waals surface area contributed by atoms with Gasteiger partial charge in [0.2, 0.25) is 0 Å². The average Bonchev–Trinajstić information content (AvgIpc) is 2.60. The second-order valence-electron chi connectivity index (χ2n) is 7.16. The van der Waals surface area contributed by atoms with Crippen LogP contribution in [-0.2, 0) is 22.5 Å². The molecule has 2 rings (SSSR count). The van der Waals surface area contributed by atoms with Crippen molar-refractivity contribution in [3.8, 4) is 0 Å². The van der Waals surface area contributed by atoms with E-state index in [1.54, 1.807) is 0 Å². The Bertz CT molecular complexity index is 654. The molecule has 0 saturated carbocycles. The van der Waals surface area contributed by atoms with Crippen molar-refractivity contribution >= 4 is 6.09 Å². The largest absolute Gasteiger partial charge is 0.443 e. The fraction of sp³-hybridized carbons (Fsp3) is 0.381. The summed E-state index contributed by atoms with van der Waals surface area (Å²) in [6.45, 7) is 6.48. The zero-order valence-electron chi connectivity index (χ0n) is 15.7. The van der Waals surface area contributed by atoms with Gasteiger partial charge >= 0.3 is 6.09 Å². The lowest BCUT2D eigenvalue weighted by molar-refractivity contribution is 0.0450. The maximum absolute atomic E-state index is 11.9. The molecule has 0 bridgehead atoms. The third kappa shape index (κ3) is 8.14. The van der Waals surface area contributed by atoms with Crippen molar-refractivity contribution in [2.45, 2.75) is 45.4 Å². The highest BCUT2D eigenvalue weighted by atomic mass is 16.6. The second kappa shape index (κ2) is 9.94. The van der Waals surface area contributed by atoms with Crippen LogP contribution in [0.5, 0.6) is 0 Å². The maximum Gasteiger partial charge on any atom is 0.422 e. The van der Waals surface area contributed by atoms with Crippen LogP contribution in [0.25, 0.3) is 0 Å². The summed E-state index contributed by atoms with van der Waals surface area (Å²) in [7, 11) is 0. The Morgan fingerprint density at radius 1 is 0.962 bits per heavy atom. The molecule has 5 heteroatoms. The molecule has 2 N–H and O–H groups in total. The Balaban J connectivity index is 1.87. The van der Waals surface area contributed by atoms with E-state index in [2.05, 4.69) is 23.0 Å². The molecule has 0 saturated heterocycles. The SMILES string of the molecule is CC(C)(C)OC(=O)NN[C@H](COCc1ccccc1)Cc1ccccc1. The van der Waals surface area contributed by atoms with Crippen molar-refractivity contribution in [2.24, 2.45) is 0 Å². The zero-order valence-corrected chi connectivity index (χ0v) is 15.7. The first-order valence-electron chi connectivity index (χ1n) is 8.82. The van der Waals surface area contributed by atoms with Gasteiger partial charge in [-0.25, -0.2) is 10.2 Å². The highest BCUT2D eigenvalue weighted by Gasteiger charge is 2.17. The summed E-state index contributed by atoms with van der Waals surface area (Å²) in [6, 6.07) is 20.0. The lowest BCUT2D eigenvalue weighted by Crippen LogP contribution is -2.49. The first-order valence-corrected chi connectivity index (χ1v) is 8.82. The molecule has 0 aliphatic rings. The Morgan fingerprint density at radius 2 is 1.54 bits per heavy atom. The monoisotopic (exact) mass is 356 g/mol. The topological polar surface area (TPSA) is 59.6 Å². The first-order chi connectivity index (χ1) is 12.4. The van der Waals surface area contributed by atoms with Crippen molar-refractivity contribution in [1.29, 1.82) is 0 Å². The number of ether oxygens (including phenoxy) is 2. The van der Waals surface area contributed by atoms with Crippen LogP contribution in [0.15, 0.2) is 60.7 Å². The molecule has 0 aromatic heterocycles. The Kier molecular flexibility index (Phi) is 7.63. The number of hydrogen-bond acceptors (Lipinski definition) is 4. The van der Waals surface area contributed by atoms with E-state index in [9.17, 15) is 4.79 Å². The van der Waals surface area contributed by atoms with Gasteiger partial charge in [-0.3, -0.25) is 5.43 Å². The molecule has 5 nitrogen and oxygen atoms in total. The zero-order chi connectivity index (χ0) is 18.8. The minimum atomic E-state index is -0.537. The molecule has 0 fully saturated rings. The van der Waals surface area contributed by atoms with Crippen LogP contribution in [0, 0.1) is 0 Å². The van der Waals surface area contributed by atoms with E-state index in [1.807, 2.05) is 69.3 Å². The summed E-state index contributed by atoms with van der Waals surface area (Å²) in [5, 5.41) is 0. The van der Waals surface area contributed by atoms with Crippen molar-refractivity contribution in [2.75, 3.05) is 6.61 Å². The van der Waals surface area contributed by atoms with Crippen LogP contribution >= 0.6 is 0 Å². The predicted octanol–water partition coefficient (Wildman–Crippen LogP) is 3.84. The van der Waals surface area contributed by atoms with Gasteiger partial charge < -0.3 is 9.47 Å². The molecule has 0 aliphatic heterocycles. The highest BCUT2D eigenvalue weighted by Crippen LogP contribution is 2.07. The molecule has 0 aliphatic carbocycles. The molecule has 1 atom stereocenters. The number of hydrogen-bond donors (Lipinski definition) is 2. The summed E-state index contributed by atoms with van der Waals surface area (Å²) in [6.07, 6.45) is 0.226. The van der Waals surface area contributed by atoms with E-state index in [0.29, 0.717) is 13.2 Å². The van der Waals surface area contributed by atoms with Crippen LogP contribution in [0.3, 0.4) is 0 Å². The molecule has 1 amide bonds. The molecule has 0 radical (unpaired) electrons. The fourth-order valence-corrected chi connectivity index (χ4v) is 2.41. The molecule has 2 aromatic carbocycles. The number of carbonyl (C=O) groups is 1. The standard InChI is InChI=1S/C21H28N2O3/c1-21(2,3)26-20(24)23-22-19(14-17-10-6-4-7-11-17)16-25-15-18-12-8-5-9-13-18/h4-13,19,22H,14-16H2,1-3H3,(H,23,24)/t19-/m0/s1. The molecular weight excluding hydrogens is 328 g/mol. The van der Waals surface area contributed by atoms with Crippen LogP contribution in [0.2, 0.25) is 0 Å². The van der Waals surface area contributed by atoms with Crippen LogP contribution in [-0.4, -0.2) is 24.3 Å². The maximum atomic E-state index is 11.9. The number of benzene rings is 2. The second-order valence-corrected chi connectivity index (χ2v) is 7.16. The minimum absolute atomic E-state index is 0.0753. The van der Waals surface area contributed by atoms with Gasteiger partial charge in [0, 0.05) is 0 Å². The molecule has 0 unspecified atom stereocenters. The van der Waals surface area contributed by atoms with Gasteiger partial charge in [0.25, 0.3) is 0 Å². The molecule has 0 spiro atoms. The van der Waals surface area contributed by atoms with E-state index in [-0.39, 0.29) is 6.04 Å². The van der Waals surface area contributed by atoms with E-state index < -0.39 is 11.7 Å². The molecular formula is C21H28N2O3. The predicted molar refractivity (Wildman–Crippen MR) is 103 cm³/mol. The first kappa shape index (κ1) is 19.9. The van der Waals surface area contributed by atoms with Crippen molar-refractivity contribution in [3.05, 3.63) is 71.8 Å². The number of amides is 1. The number of rotatable bonds is 8. The third-order valence-corrected chi connectivity index (χ3v) is 3.53. The lowest BCUT2D eigenvalue weighted by Gasteiger charge is -2.23. The van der Waals surface area contributed by atoms with Gasteiger partial charge in [0.15, 0.2) is 0 Å². The van der Waals surface area contributed by atoms with E-state index in [4.69, 9.17) is 9.47 Å². The van der Waals surface area contributed by atoms with Crippen molar-refractivity contribution in [3.63, 3.8) is 0 Å². The van der Waals surface area contributed by atoms with Gasteiger partial charge in [-0.05, 0) is 38.3 Å². The lowest BCUT2D eigenvalue weighted by atomic mass is 10.1. The van der Waals surface area contributed by atoms with Gasteiger partial charge in [-0.1, -0.05) is 60.7 Å². The molecule has 0 heterocycles.